The Hall–Kier alpha value is -2.15. The quantitative estimate of drug-likeness (QED) is 0.883. The molecule has 1 unspecified atom stereocenters. The third kappa shape index (κ3) is 3.33. The van der Waals surface area contributed by atoms with E-state index < -0.39 is 0 Å². The molecule has 7 nitrogen and oxygen atoms in total. The second-order valence-corrected chi connectivity index (χ2v) is 7.50. The first-order chi connectivity index (χ1) is 12.0. The highest BCUT2D eigenvalue weighted by Crippen LogP contribution is 2.30. The number of hydrogen-bond donors (Lipinski definition) is 1. The summed E-state index contributed by atoms with van der Waals surface area (Å²) in [7, 11) is 3.95. The first-order valence-electron chi connectivity index (χ1n) is 9.01. The van der Waals surface area contributed by atoms with Crippen LogP contribution in [0.1, 0.15) is 41.5 Å². The van der Waals surface area contributed by atoms with Gasteiger partial charge in [0.05, 0.1) is 35.0 Å². The summed E-state index contributed by atoms with van der Waals surface area (Å²) in [5.41, 5.74) is 4.26. The van der Waals surface area contributed by atoms with Crippen molar-refractivity contribution in [2.75, 3.05) is 13.1 Å². The number of carbonyl (C=O) groups excluding carboxylic acids is 1. The summed E-state index contributed by atoms with van der Waals surface area (Å²) in [4.78, 5) is 19.6. The van der Waals surface area contributed by atoms with Crippen LogP contribution in [0.2, 0.25) is 0 Å². The van der Waals surface area contributed by atoms with Gasteiger partial charge in [0.1, 0.15) is 0 Å². The molecule has 2 aromatic heterocycles. The van der Waals surface area contributed by atoms with Crippen LogP contribution in [-0.4, -0.2) is 43.2 Å². The number of hydrogen-bond acceptors (Lipinski definition) is 4. The minimum Gasteiger partial charge on any atom is -0.355 e. The van der Waals surface area contributed by atoms with Crippen LogP contribution in [0.4, 0.5) is 0 Å². The van der Waals surface area contributed by atoms with Crippen molar-refractivity contribution in [2.45, 2.75) is 38.8 Å². The molecule has 2 aliphatic rings. The molecule has 1 fully saturated rings. The maximum atomic E-state index is 12.8. The molecular weight excluding hydrogens is 316 g/mol. The zero-order valence-electron chi connectivity index (χ0n) is 15.2. The average molecular weight is 342 g/mol. The number of aromatic nitrogens is 4. The highest BCUT2D eigenvalue weighted by atomic mass is 16.1. The average Bonchev–Trinajstić information content (AvgIpc) is 3.26. The molecule has 0 saturated heterocycles. The molecule has 1 saturated carbocycles. The number of nitrogens with one attached hydrogen (secondary N) is 1. The molecule has 1 aliphatic carbocycles. The Kier molecular flexibility index (Phi) is 4.11. The van der Waals surface area contributed by atoms with Crippen molar-refractivity contribution < 1.29 is 4.79 Å². The summed E-state index contributed by atoms with van der Waals surface area (Å²) in [6.07, 6.45) is 4.31. The van der Waals surface area contributed by atoms with Crippen LogP contribution in [0.15, 0.2) is 12.4 Å². The molecule has 3 heterocycles. The molecule has 1 amide bonds. The molecule has 1 N–H and O–H groups in total. The minimum atomic E-state index is -0.163. The fourth-order valence-electron chi connectivity index (χ4n) is 3.74. The van der Waals surface area contributed by atoms with E-state index in [0.29, 0.717) is 12.5 Å². The first kappa shape index (κ1) is 16.3. The van der Waals surface area contributed by atoms with E-state index in [1.807, 2.05) is 36.6 Å². The van der Waals surface area contributed by atoms with Gasteiger partial charge in [0, 0.05) is 40.3 Å². The van der Waals surface area contributed by atoms with Crippen LogP contribution in [0.25, 0.3) is 0 Å². The second kappa shape index (κ2) is 6.29. The number of rotatable bonds is 5. The zero-order chi connectivity index (χ0) is 17.6. The van der Waals surface area contributed by atoms with E-state index in [9.17, 15) is 4.79 Å². The molecule has 1 atom stereocenters. The fraction of sp³-hybridized carbons (Fsp3) is 0.611. The molecule has 1 aliphatic heterocycles. The molecule has 0 aromatic carbocycles. The van der Waals surface area contributed by atoms with Crippen molar-refractivity contribution in [1.82, 2.24) is 29.5 Å². The van der Waals surface area contributed by atoms with E-state index in [1.165, 1.54) is 12.8 Å². The highest BCUT2D eigenvalue weighted by Gasteiger charge is 2.34. The standard InChI is InChI=1S/C18H26N6O/c1-12-6-14(23(3)21-12)8-24-9-15(18(25)19-7-13-4-5-13)17-16(10-24)20-11-22(17)2/h6,11,13,15H,4-5,7-10H2,1-3H3,(H,19,25). The van der Waals surface area contributed by atoms with Crippen LogP contribution < -0.4 is 5.32 Å². The van der Waals surface area contributed by atoms with E-state index in [4.69, 9.17) is 0 Å². The van der Waals surface area contributed by atoms with E-state index in [0.717, 1.165) is 42.4 Å². The number of imidazole rings is 1. The lowest BCUT2D eigenvalue weighted by Gasteiger charge is -2.32. The van der Waals surface area contributed by atoms with E-state index >= 15 is 0 Å². The SMILES string of the molecule is Cc1cc(CN2Cc3ncn(C)c3C(C(=O)NCC3CC3)C2)n(C)n1. The molecule has 7 heteroatoms. The summed E-state index contributed by atoms with van der Waals surface area (Å²) in [5.74, 6) is 0.652. The Morgan fingerprint density at radius 1 is 1.36 bits per heavy atom. The third-order valence-corrected chi connectivity index (χ3v) is 5.27. The molecular formula is C18H26N6O. The minimum absolute atomic E-state index is 0.127. The molecule has 25 heavy (non-hydrogen) atoms. The fourth-order valence-corrected chi connectivity index (χ4v) is 3.74. The van der Waals surface area contributed by atoms with Gasteiger partial charge in [-0.2, -0.15) is 5.10 Å². The maximum Gasteiger partial charge on any atom is 0.230 e. The van der Waals surface area contributed by atoms with E-state index in [1.54, 1.807) is 0 Å². The van der Waals surface area contributed by atoms with Crippen LogP contribution >= 0.6 is 0 Å². The second-order valence-electron chi connectivity index (χ2n) is 7.50. The largest absolute Gasteiger partial charge is 0.355 e. The Labute approximate surface area is 148 Å². The van der Waals surface area contributed by atoms with Crippen LogP contribution in [0, 0.1) is 12.8 Å². The molecule has 0 radical (unpaired) electrons. The summed E-state index contributed by atoms with van der Waals surface area (Å²) in [6, 6.07) is 2.11. The van der Waals surface area contributed by atoms with Crippen molar-refractivity contribution in [1.29, 1.82) is 0 Å². The topological polar surface area (TPSA) is 68.0 Å². The Morgan fingerprint density at radius 3 is 2.84 bits per heavy atom. The van der Waals surface area contributed by atoms with Gasteiger partial charge >= 0.3 is 0 Å². The highest BCUT2D eigenvalue weighted by molar-refractivity contribution is 5.84. The van der Waals surface area contributed by atoms with E-state index in [-0.39, 0.29) is 11.8 Å². The number of aryl methyl sites for hydroxylation is 3. The number of carbonyl (C=O) groups is 1. The molecule has 134 valence electrons. The van der Waals surface area contributed by atoms with Gasteiger partial charge in [0.15, 0.2) is 0 Å². The summed E-state index contributed by atoms with van der Waals surface area (Å²) < 4.78 is 3.92. The lowest BCUT2D eigenvalue weighted by molar-refractivity contribution is -0.123. The van der Waals surface area contributed by atoms with Gasteiger partial charge in [-0.15, -0.1) is 0 Å². The normalized spacial score (nSPS) is 20.5. The van der Waals surface area contributed by atoms with Crippen LogP contribution in [0.3, 0.4) is 0 Å². The smallest absolute Gasteiger partial charge is 0.230 e. The van der Waals surface area contributed by atoms with Gasteiger partial charge < -0.3 is 9.88 Å². The molecule has 0 spiro atoms. The predicted molar refractivity (Wildman–Crippen MR) is 93.7 cm³/mol. The van der Waals surface area contributed by atoms with Crippen molar-refractivity contribution >= 4 is 5.91 Å². The van der Waals surface area contributed by atoms with Crippen molar-refractivity contribution in [3.8, 4) is 0 Å². The lowest BCUT2D eigenvalue weighted by atomic mass is 9.97. The van der Waals surface area contributed by atoms with Crippen molar-refractivity contribution in [3.05, 3.63) is 35.2 Å². The first-order valence-corrected chi connectivity index (χ1v) is 9.01. The van der Waals surface area contributed by atoms with Crippen molar-refractivity contribution in [3.63, 3.8) is 0 Å². The predicted octanol–water partition coefficient (Wildman–Crippen LogP) is 1.09. The summed E-state index contributed by atoms with van der Waals surface area (Å²) >= 11 is 0. The summed E-state index contributed by atoms with van der Waals surface area (Å²) in [6.45, 7) is 5.08. The Morgan fingerprint density at radius 2 is 2.16 bits per heavy atom. The van der Waals surface area contributed by atoms with Crippen LogP contribution in [0.5, 0.6) is 0 Å². The number of nitrogens with zero attached hydrogens (tertiary/aromatic N) is 5. The zero-order valence-corrected chi connectivity index (χ0v) is 15.2. The Balaban J connectivity index is 1.53. The number of fused-ring (bicyclic) bond motifs is 1. The molecule has 4 rings (SSSR count). The maximum absolute atomic E-state index is 12.8. The van der Waals surface area contributed by atoms with Gasteiger partial charge in [-0.05, 0) is 31.7 Å². The molecule has 2 aromatic rings. The van der Waals surface area contributed by atoms with E-state index in [2.05, 4.69) is 26.4 Å². The third-order valence-electron chi connectivity index (χ3n) is 5.27. The van der Waals surface area contributed by atoms with Gasteiger partial charge in [-0.1, -0.05) is 0 Å². The van der Waals surface area contributed by atoms with Gasteiger partial charge in [-0.3, -0.25) is 14.4 Å². The van der Waals surface area contributed by atoms with Gasteiger partial charge in [0.2, 0.25) is 5.91 Å². The molecule has 0 bridgehead atoms. The van der Waals surface area contributed by atoms with Gasteiger partial charge in [-0.25, -0.2) is 4.98 Å². The Bertz CT molecular complexity index is 788. The lowest BCUT2D eigenvalue weighted by Crippen LogP contribution is -2.42. The van der Waals surface area contributed by atoms with Crippen LogP contribution in [-0.2, 0) is 32.0 Å². The summed E-state index contributed by atoms with van der Waals surface area (Å²) in [5, 5.41) is 7.57. The number of amides is 1. The van der Waals surface area contributed by atoms with Gasteiger partial charge in [0.25, 0.3) is 0 Å². The van der Waals surface area contributed by atoms with Crippen molar-refractivity contribution in [2.24, 2.45) is 20.0 Å². The monoisotopic (exact) mass is 342 g/mol.